The predicted molar refractivity (Wildman–Crippen MR) is 59.5 cm³/mol. The van der Waals surface area contributed by atoms with Gasteiger partial charge in [-0.2, -0.15) is 0 Å². The Morgan fingerprint density at radius 3 is 2.81 bits per heavy atom. The zero-order chi connectivity index (χ0) is 11.5. The summed E-state index contributed by atoms with van der Waals surface area (Å²) in [7, 11) is 0. The zero-order valence-corrected chi connectivity index (χ0v) is 8.69. The molecule has 4 heteroatoms. The number of carbonyl (C=O) groups is 1. The van der Waals surface area contributed by atoms with Gasteiger partial charge in [-0.1, -0.05) is 18.2 Å². The summed E-state index contributed by atoms with van der Waals surface area (Å²) in [6.45, 7) is 0.110. The summed E-state index contributed by atoms with van der Waals surface area (Å²) in [5, 5.41) is 9.74. The quantitative estimate of drug-likeness (QED) is 0.862. The summed E-state index contributed by atoms with van der Waals surface area (Å²) in [6, 6.07) is 7.26. The normalized spacial score (nSPS) is 10.8. The van der Waals surface area contributed by atoms with Gasteiger partial charge in [0, 0.05) is 23.6 Å². The van der Waals surface area contributed by atoms with Crippen molar-refractivity contribution < 1.29 is 14.3 Å². The van der Waals surface area contributed by atoms with Crippen LogP contribution in [-0.2, 0) is 6.54 Å². The maximum absolute atomic E-state index is 12.1. The van der Waals surface area contributed by atoms with Gasteiger partial charge in [0.1, 0.15) is 0 Å². The molecule has 2 aromatic rings. The van der Waals surface area contributed by atoms with Crippen LogP contribution in [-0.4, -0.2) is 22.3 Å². The SMILES string of the molecule is O=C(O)c1cn(CCCF)c2ccccc12. The fraction of sp³-hybridized carbons (Fsp3) is 0.250. The number of nitrogens with zero attached hydrogens (tertiary/aromatic N) is 1. The van der Waals surface area contributed by atoms with E-state index in [1.165, 1.54) is 0 Å². The highest BCUT2D eigenvalue weighted by atomic mass is 19.1. The molecule has 0 aliphatic rings. The first-order valence-electron chi connectivity index (χ1n) is 5.11. The molecule has 0 bridgehead atoms. The number of rotatable bonds is 4. The number of hydrogen-bond acceptors (Lipinski definition) is 1. The van der Waals surface area contributed by atoms with Gasteiger partial charge in [0.2, 0.25) is 0 Å². The highest BCUT2D eigenvalue weighted by molar-refractivity contribution is 6.03. The number of benzene rings is 1. The van der Waals surface area contributed by atoms with E-state index in [-0.39, 0.29) is 5.56 Å². The minimum absolute atomic E-state index is 0.273. The average Bonchev–Trinajstić information content (AvgIpc) is 2.65. The second-order valence-electron chi connectivity index (χ2n) is 3.60. The number of carboxylic acids is 1. The van der Waals surface area contributed by atoms with Crippen LogP contribution in [0.1, 0.15) is 16.8 Å². The van der Waals surface area contributed by atoms with Crippen molar-refractivity contribution >= 4 is 16.9 Å². The third-order valence-electron chi connectivity index (χ3n) is 2.55. The average molecular weight is 221 g/mol. The third kappa shape index (κ3) is 1.78. The second kappa shape index (κ2) is 4.35. The van der Waals surface area contributed by atoms with Crippen molar-refractivity contribution in [3.05, 3.63) is 36.0 Å². The molecule has 0 saturated carbocycles. The molecular formula is C12H12FNO2. The summed E-state index contributed by atoms with van der Waals surface area (Å²) < 4.78 is 13.9. The van der Waals surface area contributed by atoms with Crippen LogP contribution in [0.2, 0.25) is 0 Å². The van der Waals surface area contributed by atoms with E-state index in [4.69, 9.17) is 5.11 Å². The van der Waals surface area contributed by atoms with Crippen LogP contribution in [0.5, 0.6) is 0 Å². The van der Waals surface area contributed by atoms with E-state index in [0.717, 1.165) is 5.52 Å². The number of fused-ring (bicyclic) bond motifs is 1. The van der Waals surface area contributed by atoms with E-state index in [2.05, 4.69) is 0 Å². The number of alkyl halides is 1. The molecule has 0 atom stereocenters. The van der Waals surface area contributed by atoms with Gasteiger partial charge < -0.3 is 9.67 Å². The molecule has 2 rings (SSSR count). The van der Waals surface area contributed by atoms with Crippen LogP contribution in [0.15, 0.2) is 30.5 Å². The summed E-state index contributed by atoms with van der Waals surface area (Å²) in [5.74, 6) is -0.949. The monoisotopic (exact) mass is 221 g/mol. The van der Waals surface area contributed by atoms with Crippen molar-refractivity contribution in [3.63, 3.8) is 0 Å². The Hall–Kier alpha value is -1.84. The summed E-state index contributed by atoms with van der Waals surface area (Å²) in [4.78, 5) is 11.0. The Kier molecular flexibility index (Phi) is 2.90. The number of carboxylic acid groups (broad SMARTS) is 1. The van der Waals surface area contributed by atoms with Gasteiger partial charge in [-0.3, -0.25) is 4.39 Å². The van der Waals surface area contributed by atoms with Crippen molar-refractivity contribution in [2.75, 3.05) is 6.67 Å². The van der Waals surface area contributed by atoms with Crippen LogP contribution in [0.3, 0.4) is 0 Å². The Morgan fingerprint density at radius 1 is 1.38 bits per heavy atom. The standard InChI is InChI=1S/C12H12FNO2/c13-6-3-7-14-8-10(12(15)16)9-4-1-2-5-11(9)14/h1-2,4-5,8H,3,6-7H2,(H,15,16). The van der Waals surface area contributed by atoms with Gasteiger partial charge in [-0.25, -0.2) is 4.79 Å². The highest BCUT2D eigenvalue weighted by Gasteiger charge is 2.12. The van der Waals surface area contributed by atoms with E-state index in [1.807, 2.05) is 12.1 Å². The van der Waals surface area contributed by atoms with E-state index in [0.29, 0.717) is 18.4 Å². The summed E-state index contributed by atoms with van der Waals surface area (Å²) in [6.07, 6.45) is 1.97. The number of halogens is 1. The first kappa shape index (κ1) is 10.7. The molecule has 84 valence electrons. The second-order valence-corrected chi connectivity index (χ2v) is 3.60. The maximum Gasteiger partial charge on any atom is 0.337 e. The highest BCUT2D eigenvalue weighted by Crippen LogP contribution is 2.21. The van der Waals surface area contributed by atoms with E-state index in [1.54, 1.807) is 22.9 Å². The fourth-order valence-electron chi connectivity index (χ4n) is 1.83. The molecule has 1 heterocycles. The molecule has 0 aliphatic carbocycles. The van der Waals surface area contributed by atoms with Crippen LogP contribution < -0.4 is 0 Å². The largest absolute Gasteiger partial charge is 0.478 e. The lowest BCUT2D eigenvalue weighted by molar-refractivity contribution is 0.0699. The molecule has 0 radical (unpaired) electrons. The predicted octanol–water partition coefficient (Wildman–Crippen LogP) is 2.70. The number of aromatic carboxylic acids is 1. The Bertz CT molecular complexity index is 519. The Labute approximate surface area is 92.1 Å². The van der Waals surface area contributed by atoms with Crippen molar-refractivity contribution in [3.8, 4) is 0 Å². The number of aryl methyl sites for hydroxylation is 1. The van der Waals surface area contributed by atoms with Gasteiger partial charge in [-0.05, 0) is 12.5 Å². The molecule has 0 fully saturated rings. The smallest absolute Gasteiger partial charge is 0.337 e. The van der Waals surface area contributed by atoms with Gasteiger partial charge in [0.05, 0.1) is 12.2 Å². The fourth-order valence-corrected chi connectivity index (χ4v) is 1.83. The molecule has 1 aromatic carbocycles. The number of aromatic nitrogens is 1. The zero-order valence-electron chi connectivity index (χ0n) is 8.69. The molecule has 0 amide bonds. The molecular weight excluding hydrogens is 209 g/mol. The lowest BCUT2D eigenvalue weighted by atomic mass is 10.2. The molecule has 0 saturated heterocycles. The van der Waals surface area contributed by atoms with E-state index in [9.17, 15) is 9.18 Å². The van der Waals surface area contributed by atoms with Crippen LogP contribution in [0, 0.1) is 0 Å². The van der Waals surface area contributed by atoms with Crippen LogP contribution >= 0.6 is 0 Å². The lowest BCUT2D eigenvalue weighted by Crippen LogP contribution is -1.97. The minimum Gasteiger partial charge on any atom is -0.478 e. The lowest BCUT2D eigenvalue weighted by Gasteiger charge is -2.01. The van der Waals surface area contributed by atoms with Crippen molar-refractivity contribution in [2.24, 2.45) is 0 Å². The molecule has 16 heavy (non-hydrogen) atoms. The number of hydrogen-bond donors (Lipinski definition) is 1. The maximum atomic E-state index is 12.1. The molecule has 0 spiro atoms. The molecule has 0 unspecified atom stereocenters. The topological polar surface area (TPSA) is 42.2 Å². The molecule has 1 aromatic heterocycles. The first-order chi connectivity index (χ1) is 7.74. The third-order valence-corrected chi connectivity index (χ3v) is 2.55. The van der Waals surface area contributed by atoms with Crippen molar-refractivity contribution in [2.45, 2.75) is 13.0 Å². The Balaban J connectivity index is 2.53. The minimum atomic E-state index is -0.949. The van der Waals surface area contributed by atoms with Crippen LogP contribution in [0.4, 0.5) is 4.39 Å². The van der Waals surface area contributed by atoms with Gasteiger partial charge >= 0.3 is 5.97 Å². The summed E-state index contributed by atoms with van der Waals surface area (Å²) >= 11 is 0. The summed E-state index contributed by atoms with van der Waals surface area (Å²) in [5.41, 5.74) is 1.11. The van der Waals surface area contributed by atoms with E-state index >= 15 is 0 Å². The van der Waals surface area contributed by atoms with Crippen molar-refractivity contribution in [1.29, 1.82) is 0 Å². The van der Waals surface area contributed by atoms with Crippen LogP contribution in [0.25, 0.3) is 10.9 Å². The first-order valence-corrected chi connectivity index (χ1v) is 5.11. The Morgan fingerprint density at radius 2 is 2.12 bits per heavy atom. The van der Waals surface area contributed by atoms with Gasteiger partial charge in [-0.15, -0.1) is 0 Å². The number of para-hydroxylation sites is 1. The van der Waals surface area contributed by atoms with Gasteiger partial charge in [0.15, 0.2) is 0 Å². The van der Waals surface area contributed by atoms with Crippen molar-refractivity contribution in [1.82, 2.24) is 4.57 Å². The van der Waals surface area contributed by atoms with Gasteiger partial charge in [0.25, 0.3) is 0 Å². The molecule has 0 aliphatic heterocycles. The molecule has 1 N–H and O–H groups in total. The molecule has 3 nitrogen and oxygen atoms in total. The van der Waals surface area contributed by atoms with E-state index < -0.39 is 12.6 Å².